The fraction of sp³-hybridized carbons (Fsp3) is 0.250. The Kier molecular flexibility index (Phi) is 3.28. The lowest BCUT2D eigenvalue weighted by atomic mass is 10.2. The van der Waals surface area contributed by atoms with Gasteiger partial charge in [0.2, 0.25) is 0 Å². The maximum atomic E-state index is 13.7. The molecule has 0 aliphatic heterocycles. The fourth-order valence-corrected chi connectivity index (χ4v) is 2.11. The van der Waals surface area contributed by atoms with Crippen LogP contribution in [0.5, 0.6) is 5.75 Å². The monoisotopic (exact) mass is 252 g/mol. The summed E-state index contributed by atoms with van der Waals surface area (Å²) in [4.78, 5) is 4.78. The molecule has 2 N–H and O–H groups in total. The number of nitrogen functional groups attached to an aromatic ring is 1. The van der Waals surface area contributed by atoms with E-state index in [4.69, 9.17) is 10.5 Å². The Morgan fingerprint density at radius 3 is 2.71 bits per heavy atom. The number of thiazole rings is 1. The van der Waals surface area contributed by atoms with Gasteiger partial charge in [-0.3, -0.25) is 0 Å². The van der Waals surface area contributed by atoms with Gasteiger partial charge in [-0.15, -0.1) is 0 Å². The molecule has 0 unspecified atom stereocenters. The molecule has 1 aromatic carbocycles. The standard InChI is InChI=1S/C12H13FN2OS/c1-7(2)16-10-4-3-8(5-9(10)13)11-6-15-12(14)17-11/h3-7H,1-2H3,(H2,14,15). The summed E-state index contributed by atoms with van der Waals surface area (Å²) in [6.45, 7) is 3.72. The highest BCUT2D eigenvalue weighted by atomic mass is 32.1. The molecule has 0 aliphatic rings. The molecule has 0 spiro atoms. The third kappa shape index (κ3) is 2.74. The predicted molar refractivity (Wildman–Crippen MR) is 67.7 cm³/mol. The van der Waals surface area contributed by atoms with E-state index in [-0.39, 0.29) is 17.7 Å². The molecule has 0 radical (unpaired) electrons. The Morgan fingerprint density at radius 1 is 1.41 bits per heavy atom. The summed E-state index contributed by atoms with van der Waals surface area (Å²) in [5.41, 5.74) is 6.30. The molecule has 1 aromatic heterocycles. The van der Waals surface area contributed by atoms with Gasteiger partial charge < -0.3 is 10.5 Å². The van der Waals surface area contributed by atoms with Crippen molar-refractivity contribution < 1.29 is 9.13 Å². The topological polar surface area (TPSA) is 48.1 Å². The number of halogens is 1. The van der Waals surface area contributed by atoms with Crippen LogP contribution in [0.4, 0.5) is 9.52 Å². The SMILES string of the molecule is CC(C)Oc1ccc(-c2cnc(N)s2)cc1F. The zero-order valence-electron chi connectivity index (χ0n) is 9.61. The van der Waals surface area contributed by atoms with Crippen LogP contribution in [0.1, 0.15) is 13.8 Å². The zero-order valence-corrected chi connectivity index (χ0v) is 10.4. The highest BCUT2D eigenvalue weighted by Crippen LogP contribution is 2.30. The Bertz CT molecular complexity index is 525. The maximum Gasteiger partial charge on any atom is 0.180 e. The first-order chi connectivity index (χ1) is 8.06. The lowest BCUT2D eigenvalue weighted by Crippen LogP contribution is -2.06. The van der Waals surface area contributed by atoms with Gasteiger partial charge in [0, 0.05) is 6.20 Å². The highest BCUT2D eigenvalue weighted by Gasteiger charge is 2.09. The van der Waals surface area contributed by atoms with Crippen LogP contribution in [0, 0.1) is 5.82 Å². The zero-order chi connectivity index (χ0) is 12.4. The summed E-state index contributed by atoms with van der Waals surface area (Å²) >= 11 is 1.33. The van der Waals surface area contributed by atoms with E-state index in [1.807, 2.05) is 13.8 Å². The molecule has 0 saturated carbocycles. The minimum atomic E-state index is -0.372. The number of rotatable bonds is 3. The molecule has 0 saturated heterocycles. The molecule has 0 fully saturated rings. The number of benzene rings is 1. The Balaban J connectivity index is 2.30. The number of anilines is 1. The van der Waals surface area contributed by atoms with E-state index in [1.54, 1.807) is 18.3 Å². The van der Waals surface area contributed by atoms with Crippen LogP contribution in [-0.4, -0.2) is 11.1 Å². The first-order valence-electron chi connectivity index (χ1n) is 5.24. The smallest absolute Gasteiger partial charge is 0.180 e. The average molecular weight is 252 g/mol. The van der Waals surface area contributed by atoms with E-state index in [2.05, 4.69) is 4.98 Å². The maximum absolute atomic E-state index is 13.7. The Hall–Kier alpha value is -1.62. The minimum absolute atomic E-state index is 0.0469. The molecule has 0 aliphatic carbocycles. The third-order valence-corrected chi connectivity index (χ3v) is 2.98. The van der Waals surface area contributed by atoms with Crippen LogP contribution in [0.15, 0.2) is 24.4 Å². The minimum Gasteiger partial charge on any atom is -0.488 e. The number of hydrogen-bond donors (Lipinski definition) is 1. The molecule has 3 nitrogen and oxygen atoms in total. The van der Waals surface area contributed by atoms with E-state index in [1.165, 1.54) is 17.4 Å². The number of aromatic nitrogens is 1. The van der Waals surface area contributed by atoms with Gasteiger partial charge in [0.05, 0.1) is 11.0 Å². The van der Waals surface area contributed by atoms with Gasteiger partial charge in [-0.2, -0.15) is 0 Å². The van der Waals surface area contributed by atoms with Gasteiger partial charge in [0.15, 0.2) is 16.7 Å². The molecule has 1 heterocycles. The van der Waals surface area contributed by atoms with Crippen molar-refractivity contribution in [1.82, 2.24) is 4.98 Å². The third-order valence-electron chi connectivity index (χ3n) is 2.10. The second-order valence-electron chi connectivity index (χ2n) is 3.87. The lowest BCUT2D eigenvalue weighted by Gasteiger charge is -2.10. The average Bonchev–Trinajstić information content (AvgIpc) is 2.67. The molecule has 2 rings (SSSR count). The fourth-order valence-electron chi connectivity index (χ4n) is 1.42. The summed E-state index contributed by atoms with van der Waals surface area (Å²) in [6.07, 6.45) is 1.59. The van der Waals surface area contributed by atoms with Crippen molar-refractivity contribution in [1.29, 1.82) is 0 Å². The van der Waals surface area contributed by atoms with E-state index < -0.39 is 0 Å². The second kappa shape index (κ2) is 4.71. The van der Waals surface area contributed by atoms with Crippen molar-refractivity contribution in [2.45, 2.75) is 20.0 Å². The highest BCUT2D eigenvalue weighted by molar-refractivity contribution is 7.18. The van der Waals surface area contributed by atoms with Gasteiger partial charge in [0.1, 0.15) is 0 Å². The predicted octanol–water partition coefficient (Wildman–Crippen LogP) is 3.32. The van der Waals surface area contributed by atoms with E-state index in [0.717, 1.165) is 10.4 Å². The lowest BCUT2D eigenvalue weighted by molar-refractivity contribution is 0.231. The van der Waals surface area contributed by atoms with Crippen LogP contribution >= 0.6 is 11.3 Å². The first kappa shape index (κ1) is 11.9. The quantitative estimate of drug-likeness (QED) is 0.911. The number of hydrogen-bond acceptors (Lipinski definition) is 4. The summed E-state index contributed by atoms with van der Waals surface area (Å²) in [5.74, 6) is -0.107. The van der Waals surface area contributed by atoms with Gasteiger partial charge >= 0.3 is 0 Å². The van der Waals surface area contributed by atoms with Crippen molar-refractivity contribution in [3.05, 3.63) is 30.2 Å². The second-order valence-corrected chi connectivity index (χ2v) is 4.94. The summed E-state index contributed by atoms with van der Waals surface area (Å²) in [5, 5.41) is 0.475. The van der Waals surface area contributed by atoms with E-state index in [0.29, 0.717) is 5.13 Å². The Labute approximate surface area is 103 Å². The first-order valence-corrected chi connectivity index (χ1v) is 6.06. The van der Waals surface area contributed by atoms with Crippen LogP contribution in [0.2, 0.25) is 0 Å². The molecule has 5 heteroatoms. The molecule has 2 aromatic rings. The van der Waals surface area contributed by atoms with Gasteiger partial charge in [-0.25, -0.2) is 9.37 Å². The number of nitrogens with zero attached hydrogens (tertiary/aromatic N) is 1. The summed E-state index contributed by atoms with van der Waals surface area (Å²) in [6, 6.07) is 4.86. The molecule has 0 bridgehead atoms. The van der Waals surface area contributed by atoms with Crippen molar-refractivity contribution in [2.75, 3.05) is 5.73 Å². The molecule has 17 heavy (non-hydrogen) atoms. The van der Waals surface area contributed by atoms with Crippen molar-refractivity contribution in [3.63, 3.8) is 0 Å². The van der Waals surface area contributed by atoms with E-state index in [9.17, 15) is 4.39 Å². The van der Waals surface area contributed by atoms with E-state index >= 15 is 0 Å². The van der Waals surface area contributed by atoms with Crippen LogP contribution < -0.4 is 10.5 Å². The molecular weight excluding hydrogens is 239 g/mol. The van der Waals surface area contributed by atoms with Gasteiger partial charge in [-0.1, -0.05) is 11.3 Å². The van der Waals surface area contributed by atoms with Crippen LogP contribution in [-0.2, 0) is 0 Å². The summed E-state index contributed by atoms with van der Waals surface area (Å²) in [7, 11) is 0. The molecule has 0 atom stereocenters. The van der Waals surface area contributed by atoms with Gasteiger partial charge in [-0.05, 0) is 37.6 Å². The largest absolute Gasteiger partial charge is 0.488 e. The number of nitrogens with two attached hydrogens (primary N) is 1. The summed E-state index contributed by atoms with van der Waals surface area (Å²) < 4.78 is 19.1. The molecule has 0 amide bonds. The van der Waals surface area contributed by atoms with Crippen LogP contribution in [0.3, 0.4) is 0 Å². The van der Waals surface area contributed by atoms with Crippen molar-refractivity contribution >= 4 is 16.5 Å². The normalized spacial score (nSPS) is 10.8. The molecule has 90 valence electrons. The van der Waals surface area contributed by atoms with Crippen molar-refractivity contribution in [3.8, 4) is 16.2 Å². The van der Waals surface area contributed by atoms with Crippen molar-refractivity contribution in [2.24, 2.45) is 0 Å². The van der Waals surface area contributed by atoms with Gasteiger partial charge in [0.25, 0.3) is 0 Å². The van der Waals surface area contributed by atoms with Crippen LogP contribution in [0.25, 0.3) is 10.4 Å². The Morgan fingerprint density at radius 2 is 2.18 bits per heavy atom. The number of ether oxygens (including phenoxy) is 1. The molecular formula is C12H13FN2OS.